The summed E-state index contributed by atoms with van der Waals surface area (Å²) in [6.07, 6.45) is 2.54. The molecule has 0 aromatic rings. The zero-order valence-corrected chi connectivity index (χ0v) is 10.9. The molecule has 1 aliphatic rings. The molecule has 102 valence electrons. The molecule has 1 unspecified atom stereocenters. The predicted molar refractivity (Wildman–Crippen MR) is 70.0 cm³/mol. The van der Waals surface area contributed by atoms with Crippen molar-refractivity contribution in [2.75, 3.05) is 32.7 Å². The van der Waals surface area contributed by atoms with Gasteiger partial charge in [-0.2, -0.15) is 0 Å². The molecular formula is C12H22N4O2. The Morgan fingerprint density at radius 1 is 1.56 bits per heavy atom. The first-order valence-corrected chi connectivity index (χ1v) is 6.10. The van der Waals surface area contributed by atoms with Crippen molar-refractivity contribution in [3.05, 3.63) is 12.7 Å². The summed E-state index contributed by atoms with van der Waals surface area (Å²) < 4.78 is 0. The van der Waals surface area contributed by atoms with Gasteiger partial charge < -0.3 is 11.1 Å². The van der Waals surface area contributed by atoms with E-state index >= 15 is 0 Å². The number of nitrogens with two attached hydrogens (primary N) is 1. The number of nitrogens with zero attached hydrogens (tertiary/aromatic N) is 1. The van der Waals surface area contributed by atoms with Crippen LogP contribution in [-0.2, 0) is 4.79 Å². The van der Waals surface area contributed by atoms with Crippen LogP contribution in [0.15, 0.2) is 12.7 Å². The van der Waals surface area contributed by atoms with E-state index in [1.807, 2.05) is 4.90 Å². The van der Waals surface area contributed by atoms with Crippen molar-refractivity contribution >= 4 is 11.9 Å². The van der Waals surface area contributed by atoms with Crippen LogP contribution in [0.25, 0.3) is 0 Å². The van der Waals surface area contributed by atoms with Crippen LogP contribution < -0.4 is 16.4 Å². The van der Waals surface area contributed by atoms with Crippen molar-refractivity contribution in [1.29, 1.82) is 0 Å². The summed E-state index contributed by atoms with van der Waals surface area (Å²) in [6, 6.07) is -0.485. The fourth-order valence-corrected chi connectivity index (χ4v) is 2.01. The second kappa shape index (κ2) is 6.51. The van der Waals surface area contributed by atoms with E-state index in [1.165, 1.54) is 0 Å². The molecule has 6 heteroatoms. The van der Waals surface area contributed by atoms with Gasteiger partial charge in [0, 0.05) is 13.1 Å². The number of hydrogen-bond acceptors (Lipinski definition) is 4. The number of likely N-dealkylation sites (tertiary alicyclic amines) is 1. The van der Waals surface area contributed by atoms with Crippen molar-refractivity contribution in [3.63, 3.8) is 0 Å². The van der Waals surface area contributed by atoms with Gasteiger partial charge in [-0.1, -0.05) is 13.0 Å². The monoisotopic (exact) mass is 254 g/mol. The molecule has 0 aliphatic carbocycles. The molecule has 1 atom stereocenters. The Balaban J connectivity index is 2.29. The maximum atomic E-state index is 11.6. The van der Waals surface area contributed by atoms with Gasteiger partial charge in [-0.3, -0.25) is 15.0 Å². The molecule has 0 spiro atoms. The third-order valence-corrected chi connectivity index (χ3v) is 3.16. The van der Waals surface area contributed by atoms with Crippen LogP contribution in [0.3, 0.4) is 0 Å². The number of nitrogens with one attached hydrogen (secondary N) is 2. The summed E-state index contributed by atoms with van der Waals surface area (Å²) in [5.74, 6) is -0.294. The Kier molecular flexibility index (Phi) is 5.30. The fraction of sp³-hybridized carbons (Fsp3) is 0.667. The van der Waals surface area contributed by atoms with Crippen molar-refractivity contribution < 1.29 is 9.59 Å². The van der Waals surface area contributed by atoms with Crippen LogP contribution in [0, 0.1) is 5.41 Å². The van der Waals surface area contributed by atoms with E-state index in [1.54, 1.807) is 6.08 Å². The summed E-state index contributed by atoms with van der Waals surface area (Å²) in [6.45, 7) is 8.42. The number of rotatable bonds is 5. The lowest BCUT2D eigenvalue weighted by molar-refractivity contribution is -0.121. The number of carbonyl (C=O) groups is 2. The van der Waals surface area contributed by atoms with Gasteiger partial charge in [0.15, 0.2) is 0 Å². The van der Waals surface area contributed by atoms with E-state index in [0.29, 0.717) is 13.1 Å². The van der Waals surface area contributed by atoms with Gasteiger partial charge in [0.1, 0.15) is 0 Å². The highest BCUT2D eigenvalue weighted by molar-refractivity contribution is 5.95. The number of hydrogen-bond donors (Lipinski definition) is 3. The largest absolute Gasteiger partial charge is 0.334 e. The summed E-state index contributed by atoms with van der Waals surface area (Å²) in [7, 11) is 0. The minimum atomic E-state index is -0.485. The molecule has 0 radical (unpaired) electrons. The van der Waals surface area contributed by atoms with Crippen molar-refractivity contribution in [2.45, 2.75) is 13.3 Å². The van der Waals surface area contributed by atoms with Gasteiger partial charge in [-0.25, -0.2) is 4.79 Å². The lowest BCUT2D eigenvalue weighted by Gasteiger charge is -2.22. The maximum absolute atomic E-state index is 11.6. The van der Waals surface area contributed by atoms with Crippen LogP contribution in [0.4, 0.5) is 4.79 Å². The SMILES string of the molecule is C=CCNC(=O)NC(=O)CN1CCC(C)(CN)C1. The topological polar surface area (TPSA) is 87.5 Å². The van der Waals surface area contributed by atoms with Crippen molar-refractivity contribution in [1.82, 2.24) is 15.5 Å². The lowest BCUT2D eigenvalue weighted by atomic mass is 9.90. The average molecular weight is 254 g/mol. The Hall–Kier alpha value is -1.40. The van der Waals surface area contributed by atoms with E-state index in [-0.39, 0.29) is 17.9 Å². The average Bonchev–Trinajstić information content (AvgIpc) is 2.69. The van der Waals surface area contributed by atoms with Crippen LogP contribution in [-0.4, -0.2) is 49.6 Å². The molecule has 4 N–H and O–H groups in total. The summed E-state index contributed by atoms with van der Waals surface area (Å²) >= 11 is 0. The summed E-state index contributed by atoms with van der Waals surface area (Å²) in [4.78, 5) is 24.9. The minimum Gasteiger partial charge on any atom is -0.334 e. The molecule has 1 heterocycles. The lowest BCUT2D eigenvalue weighted by Crippen LogP contribution is -2.44. The van der Waals surface area contributed by atoms with Crippen LogP contribution in [0.2, 0.25) is 0 Å². The van der Waals surface area contributed by atoms with E-state index in [2.05, 4.69) is 24.1 Å². The summed E-state index contributed by atoms with van der Waals surface area (Å²) in [5.41, 5.74) is 5.78. The highest BCUT2D eigenvalue weighted by Gasteiger charge is 2.33. The fourth-order valence-electron chi connectivity index (χ4n) is 2.01. The molecule has 0 bridgehead atoms. The van der Waals surface area contributed by atoms with Gasteiger partial charge in [0.2, 0.25) is 5.91 Å². The van der Waals surface area contributed by atoms with E-state index in [0.717, 1.165) is 19.5 Å². The molecule has 0 saturated carbocycles. The first kappa shape index (κ1) is 14.7. The van der Waals surface area contributed by atoms with Gasteiger partial charge in [0.05, 0.1) is 6.54 Å². The molecule has 1 rings (SSSR count). The van der Waals surface area contributed by atoms with Crippen LogP contribution >= 0.6 is 0 Å². The Morgan fingerprint density at radius 3 is 2.83 bits per heavy atom. The molecule has 0 aromatic carbocycles. The molecule has 18 heavy (non-hydrogen) atoms. The zero-order chi connectivity index (χ0) is 13.6. The predicted octanol–water partition coefficient (Wildman–Crippen LogP) is -0.331. The molecule has 6 nitrogen and oxygen atoms in total. The molecule has 3 amide bonds. The highest BCUT2D eigenvalue weighted by atomic mass is 16.2. The number of carbonyl (C=O) groups excluding carboxylic acids is 2. The Bertz CT molecular complexity index is 332. The van der Waals surface area contributed by atoms with E-state index in [4.69, 9.17) is 5.73 Å². The molecule has 1 fully saturated rings. The highest BCUT2D eigenvalue weighted by Crippen LogP contribution is 2.27. The smallest absolute Gasteiger partial charge is 0.321 e. The summed E-state index contributed by atoms with van der Waals surface area (Å²) in [5, 5.41) is 4.77. The van der Waals surface area contributed by atoms with Crippen LogP contribution in [0.1, 0.15) is 13.3 Å². The first-order valence-electron chi connectivity index (χ1n) is 6.10. The van der Waals surface area contributed by atoms with Crippen LogP contribution in [0.5, 0.6) is 0 Å². The molecule has 1 aliphatic heterocycles. The van der Waals surface area contributed by atoms with Gasteiger partial charge in [-0.05, 0) is 24.9 Å². The third kappa shape index (κ3) is 4.46. The second-order valence-corrected chi connectivity index (χ2v) is 5.02. The first-order chi connectivity index (χ1) is 8.49. The normalized spacial score (nSPS) is 23.7. The Morgan fingerprint density at radius 2 is 2.28 bits per heavy atom. The molecule has 0 aromatic heterocycles. The van der Waals surface area contributed by atoms with E-state index < -0.39 is 6.03 Å². The molecule has 1 saturated heterocycles. The number of amides is 3. The standard InChI is InChI=1S/C12H22N4O2/c1-3-5-14-11(18)15-10(17)7-16-6-4-12(2,8-13)9-16/h3H,1,4-9,13H2,2H3,(H2,14,15,17,18). The van der Waals surface area contributed by atoms with E-state index in [9.17, 15) is 9.59 Å². The van der Waals surface area contributed by atoms with Gasteiger partial charge in [-0.15, -0.1) is 6.58 Å². The Labute approximate surface area is 108 Å². The minimum absolute atomic E-state index is 0.0887. The quantitative estimate of drug-likeness (QED) is 0.586. The van der Waals surface area contributed by atoms with Crippen molar-refractivity contribution in [2.24, 2.45) is 11.1 Å². The maximum Gasteiger partial charge on any atom is 0.321 e. The second-order valence-electron chi connectivity index (χ2n) is 5.02. The van der Waals surface area contributed by atoms with Crippen molar-refractivity contribution in [3.8, 4) is 0 Å². The zero-order valence-electron chi connectivity index (χ0n) is 10.9. The number of urea groups is 1. The number of imide groups is 1. The van der Waals surface area contributed by atoms with Gasteiger partial charge >= 0.3 is 6.03 Å². The van der Waals surface area contributed by atoms with Gasteiger partial charge in [0.25, 0.3) is 0 Å². The molecular weight excluding hydrogens is 232 g/mol. The third-order valence-electron chi connectivity index (χ3n) is 3.16.